The first-order valence-corrected chi connectivity index (χ1v) is 8.04. The molecule has 1 atom stereocenters. The van der Waals surface area contributed by atoms with Gasteiger partial charge in [-0.1, -0.05) is 42.5 Å². The van der Waals surface area contributed by atoms with Gasteiger partial charge < -0.3 is 16.4 Å². The molecule has 0 aromatic heterocycles. The van der Waals surface area contributed by atoms with Crippen LogP contribution >= 0.6 is 0 Å². The maximum atomic E-state index is 12.1. The Labute approximate surface area is 142 Å². The second-order valence-electron chi connectivity index (χ2n) is 5.57. The first kappa shape index (κ1) is 17.7. The molecule has 0 aliphatic carbocycles. The molecule has 126 valence electrons. The third kappa shape index (κ3) is 5.21. The number of carbonyl (C=O) groups excluding carboxylic acids is 2. The Morgan fingerprint density at radius 3 is 2.25 bits per heavy atom. The Kier molecular flexibility index (Phi) is 6.51. The van der Waals surface area contributed by atoms with Crippen molar-refractivity contribution in [2.75, 3.05) is 6.54 Å². The molecule has 0 fully saturated rings. The highest BCUT2D eigenvalue weighted by Crippen LogP contribution is 2.05. The number of hydrogen-bond donors (Lipinski definition) is 3. The van der Waals surface area contributed by atoms with Crippen LogP contribution in [0.4, 0.5) is 0 Å². The number of carbonyl (C=O) groups is 2. The summed E-state index contributed by atoms with van der Waals surface area (Å²) in [6.07, 6.45) is 0.503. The highest BCUT2D eigenvalue weighted by molar-refractivity contribution is 5.94. The normalized spacial score (nSPS) is 11.6. The molecule has 0 heterocycles. The van der Waals surface area contributed by atoms with Gasteiger partial charge in [0.2, 0.25) is 5.91 Å². The van der Waals surface area contributed by atoms with Gasteiger partial charge >= 0.3 is 0 Å². The van der Waals surface area contributed by atoms with Crippen LogP contribution in [0.5, 0.6) is 0 Å². The molecule has 0 spiro atoms. The lowest BCUT2D eigenvalue weighted by Crippen LogP contribution is -2.41. The highest BCUT2D eigenvalue weighted by atomic mass is 16.2. The summed E-state index contributed by atoms with van der Waals surface area (Å²) in [4.78, 5) is 23.8. The highest BCUT2D eigenvalue weighted by Gasteiger charge is 2.13. The molecule has 5 nitrogen and oxygen atoms in total. The Morgan fingerprint density at radius 1 is 0.958 bits per heavy atom. The number of hydrogen-bond acceptors (Lipinski definition) is 3. The molecular weight excluding hydrogens is 302 g/mol. The average Bonchev–Trinajstić information content (AvgIpc) is 2.61. The van der Waals surface area contributed by atoms with E-state index in [1.807, 2.05) is 49.4 Å². The summed E-state index contributed by atoms with van der Waals surface area (Å²) >= 11 is 0. The first-order chi connectivity index (χ1) is 11.6. The van der Waals surface area contributed by atoms with E-state index in [-0.39, 0.29) is 11.8 Å². The quantitative estimate of drug-likeness (QED) is 0.723. The third-order valence-electron chi connectivity index (χ3n) is 3.66. The van der Waals surface area contributed by atoms with Gasteiger partial charge in [0.25, 0.3) is 5.91 Å². The van der Waals surface area contributed by atoms with Gasteiger partial charge in [0.15, 0.2) is 0 Å². The third-order valence-corrected chi connectivity index (χ3v) is 3.66. The molecule has 0 radical (unpaired) electrons. The van der Waals surface area contributed by atoms with Crippen molar-refractivity contribution in [3.05, 3.63) is 71.3 Å². The van der Waals surface area contributed by atoms with Gasteiger partial charge in [-0.3, -0.25) is 9.59 Å². The van der Waals surface area contributed by atoms with Crippen molar-refractivity contribution >= 4 is 11.8 Å². The van der Waals surface area contributed by atoms with Crippen LogP contribution in [0.1, 0.15) is 28.4 Å². The van der Waals surface area contributed by atoms with Crippen LogP contribution in [0.2, 0.25) is 0 Å². The fourth-order valence-electron chi connectivity index (χ4n) is 2.32. The zero-order chi connectivity index (χ0) is 17.4. The van der Waals surface area contributed by atoms with Crippen molar-refractivity contribution in [3.63, 3.8) is 0 Å². The zero-order valence-corrected chi connectivity index (χ0v) is 13.8. The monoisotopic (exact) mass is 325 g/mol. The van der Waals surface area contributed by atoms with Crippen LogP contribution in [0.15, 0.2) is 54.6 Å². The Balaban J connectivity index is 1.84. The summed E-state index contributed by atoms with van der Waals surface area (Å²) < 4.78 is 0. The maximum Gasteiger partial charge on any atom is 0.251 e. The second kappa shape index (κ2) is 8.84. The molecule has 2 aromatic rings. The van der Waals surface area contributed by atoms with E-state index in [0.29, 0.717) is 25.1 Å². The van der Waals surface area contributed by atoms with Crippen LogP contribution < -0.4 is 16.4 Å². The van der Waals surface area contributed by atoms with E-state index in [9.17, 15) is 9.59 Å². The predicted octanol–water partition coefficient (Wildman–Crippen LogP) is 1.62. The van der Waals surface area contributed by atoms with Crippen molar-refractivity contribution in [3.8, 4) is 0 Å². The molecule has 5 heteroatoms. The van der Waals surface area contributed by atoms with Crippen molar-refractivity contribution < 1.29 is 9.59 Å². The lowest BCUT2D eigenvalue weighted by Gasteiger charge is -2.12. The van der Waals surface area contributed by atoms with Crippen molar-refractivity contribution in [1.29, 1.82) is 0 Å². The van der Waals surface area contributed by atoms with Crippen LogP contribution in [-0.2, 0) is 17.8 Å². The van der Waals surface area contributed by atoms with E-state index in [0.717, 1.165) is 11.1 Å². The Bertz CT molecular complexity index is 669. The standard InChI is InChI=1S/C19H23N3O2/c1-2-21-18(23)16-10-8-15(9-11-16)13-22-19(24)17(20)12-14-6-4-3-5-7-14/h3-11,17H,2,12-13,20H2,1H3,(H,21,23)(H,22,24)/t17-/m0/s1. The van der Waals surface area contributed by atoms with Crippen LogP contribution in [-0.4, -0.2) is 24.4 Å². The van der Waals surface area contributed by atoms with Crippen molar-refractivity contribution in [1.82, 2.24) is 10.6 Å². The number of rotatable bonds is 7. The van der Waals surface area contributed by atoms with E-state index >= 15 is 0 Å². The largest absolute Gasteiger partial charge is 0.352 e. The SMILES string of the molecule is CCNC(=O)c1ccc(CNC(=O)[C@@H](N)Cc2ccccc2)cc1. The minimum Gasteiger partial charge on any atom is -0.352 e. The van der Waals surface area contributed by atoms with Gasteiger partial charge in [-0.25, -0.2) is 0 Å². The maximum absolute atomic E-state index is 12.1. The van der Waals surface area contributed by atoms with Gasteiger partial charge in [-0.15, -0.1) is 0 Å². The molecule has 0 saturated carbocycles. The smallest absolute Gasteiger partial charge is 0.251 e. The summed E-state index contributed by atoms with van der Waals surface area (Å²) in [6, 6.07) is 16.3. The van der Waals surface area contributed by atoms with Crippen LogP contribution in [0, 0.1) is 0 Å². The van der Waals surface area contributed by atoms with E-state index in [1.165, 1.54) is 0 Å². The molecule has 0 aliphatic heterocycles. The number of nitrogens with one attached hydrogen (secondary N) is 2. The van der Waals surface area contributed by atoms with Gasteiger partial charge in [-0.2, -0.15) is 0 Å². The molecule has 24 heavy (non-hydrogen) atoms. The second-order valence-corrected chi connectivity index (χ2v) is 5.57. The van der Waals surface area contributed by atoms with E-state index in [2.05, 4.69) is 10.6 Å². The van der Waals surface area contributed by atoms with Gasteiger partial charge in [-0.05, 0) is 36.6 Å². The molecule has 0 unspecified atom stereocenters. The van der Waals surface area contributed by atoms with Crippen molar-refractivity contribution in [2.45, 2.75) is 25.9 Å². The van der Waals surface area contributed by atoms with E-state index in [1.54, 1.807) is 12.1 Å². The number of nitrogens with two attached hydrogens (primary N) is 1. The van der Waals surface area contributed by atoms with Gasteiger partial charge in [0, 0.05) is 18.7 Å². The molecule has 0 saturated heterocycles. The van der Waals surface area contributed by atoms with Crippen LogP contribution in [0.3, 0.4) is 0 Å². The lowest BCUT2D eigenvalue weighted by atomic mass is 10.1. The summed E-state index contributed by atoms with van der Waals surface area (Å²) in [5.74, 6) is -0.287. The minimum atomic E-state index is -0.581. The number of amides is 2. The molecule has 0 bridgehead atoms. The molecule has 4 N–H and O–H groups in total. The molecule has 0 aliphatic rings. The zero-order valence-electron chi connectivity index (χ0n) is 13.8. The van der Waals surface area contributed by atoms with Gasteiger partial charge in [0.05, 0.1) is 6.04 Å². The average molecular weight is 325 g/mol. The number of benzene rings is 2. The first-order valence-electron chi connectivity index (χ1n) is 8.04. The molecule has 2 rings (SSSR count). The predicted molar refractivity (Wildman–Crippen MR) is 94.4 cm³/mol. The Morgan fingerprint density at radius 2 is 1.62 bits per heavy atom. The van der Waals surface area contributed by atoms with E-state index < -0.39 is 6.04 Å². The summed E-state index contributed by atoms with van der Waals surface area (Å²) in [5, 5.41) is 5.57. The minimum absolute atomic E-state index is 0.0991. The van der Waals surface area contributed by atoms with Crippen LogP contribution in [0.25, 0.3) is 0 Å². The summed E-state index contributed by atoms with van der Waals surface area (Å²) in [7, 11) is 0. The van der Waals surface area contributed by atoms with Crippen molar-refractivity contribution in [2.24, 2.45) is 5.73 Å². The summed E-state index contributed by atoms with van der Waals surface area (Å²) in [6.45, 7) is 2.85. The molecule has 2 aromatic carbocycles. The fraction of sp³-hybridized carbons (Fsp3) is 0.263. The molecular formula is C19H23N3O2. The van der Waals surface area contributed by atoms with E-state index in [4.69, 9.17) is 5.73 Å². The topological polar surface area (TPSA) is 84.2 Å². The van der Waals surface area contributed by atoms with Gasteiger partial charge in [0.1, 0.15) is 0 Å². The molecule has 2 amide bonds. The lowest BCUT2D eigenvalue weighted by molar-refractivity contribution is -0.122. The fourth-order valence-corrected chi connectivity index (χ4v) is 2.32. The Hall–Kier alpha value is -2.66. The summed E-state index contributed by atoms with van der Waals surface area (Å²) in [5.41, 5.74) is 8.50.